The van der Waals surface area contributed by atoms with Crippen LogP contribution in [-0.4, -0.2) is 11.3 Å². The molecule has 0 aromatic heterocycles. The normalized spacial score (nSPS) is 12.9. The Morgan fingerprint density at radius 2 is 2.06 bits per heavy atom. The molecule has 0 saturated carbocycles. The number of halogens is 3. The van der Waals surface area contributed by atoms with Crippen LogP contribution in [0.4, 0.5) is 18.9 Å². The van der Waals surface area contributed by atoms with E-state index in [0.29, 0.717) is 5.56 Å². The first-order valence-electron chi connectivity index (χ1n) is 4.74. The maximum Gasteiger partial charge on any atom is 0.573 e. The fourth-order valence-electron chi connectivity index (χ4n) is 1.25. The van der Waals surface area contributed by atoms with Crippen LogP contribution < -0.4 is 4.74 Å². The van der Waals surface area contributed by atoms with E-state index in [1.807, 2.05) is 0 Å². The van der Waals surface area contributed by atoms with Gasteiger partial charge in [0, 0.05) is 12.0 Å². The van der Waals surface area contributed by atoms with E-state index in [0.717, 1.165) is 12.1 Å². The molecular weight excluding hydrogens is 251 g/mol. The van der Waals surface area contributed by atoms with Crippen molar-refractivity contribution in [3.05, 3.63) is 53.5 Å². The van der Waals surface area contributed by atoms with Crippen LogP contribution in [0.3, 0.4) is 0 Å². The number of ether oxygens (including phenoxy) is 1. The number of hydrogen-bond donors (Lipinski definition) is 0. The molecule has 1 rings (SSSR count). The van der Waals surface area contributed by atoms with E-state index in [4.69, 9.17) is 0 Å². The van der Waals surface area contributed by atoms with E-state index in [1.165, 1.54) is 12.1 Å². The number of allylic oxidation sites excluding steroid dienone is 1. The van der Waals surface area contributed by atoms with Crippen LogP contribution in [0.5, 0.6) is 5.75 Å². The average molecular weight is 260 g/mol. The van der Waals surface area contributed by atoms with Gasteiger partial charge in [0.1, 0.15) is 0 Å². The lowest BCUT2D eigenvalue weighted by atomic mass is 10.0. The summed E-state index contributed by atoms with van der Waals surface area (Å²) in [6.07, 6.45) is -3.59. The van der Waals surface area contributed by atoms with Crippen molar-refractivity contribution >= 4 is 5.69 Å². The number of nitro benzene ring substituents is 1. The first-order chi connectivity index (χ1) is 8.24. The number of benzene rings is 1. The van der Waals surface area contributed by atoms with E-state index in [9.17, 15) is 23.3 Å². The monoisotopic (exact) mass is 260 g/mol. The van der Waals surface area contributed by atoms with Gasteiger partial charge in [-0.25, -0.2) is 0 Å². The highest BCUT2D eigenvalue weighted by Crippen LogP contribution is 2.34. The van der Waals surface area contributed by atoms with Crippen molar-refractivity contribution in [3.8, 4) is 5.75 Å². The highest BCUT2D eigenvalue weighted by molar-refractivity contribution is 5.50. The van der Waals surface area contributed by atoms with Gasteiger partial charge < -0.3 is 4.74 Å². The molecule has 0 N–H and O–H groups in total. The van der Waals surface area contributed by atoms with Crippen molar-refractivity contribution < 1.29 is 22.8 Å². The Morgan fingerprint density at radius 1 is 1.44 bits per heavy atom. The molecule has 0 aliphatic carbocycles. The number of nitro groups is 1. The fourth-order valence-corrected chi connectivity index (χ4v) is 1.25. The summed E-state index contributed by atoms with van der Waals surface area (Å²) in [7, 11) is 0. The third-order valence-electron chi connectivity index (χ3n) is 2.12. The molecule has 18 heavy (non-hydrogen) atoms. The van der Waals surface area contributed by atoms with Gasteiger partial charge in [0.25, 0.3) is 0 Å². The van der Waals surface area contributed by atoms with Gasteiger partial charge in [0.05, 0.1) is 4.92 Å². The summed E-state index contributed by atoms with van der Waals surface area (Å²) < 4.78 is 40.0. The lowest BCUT2D eigenvalue weighted by molar-refractivity contribution is -0.388. The van der Waals surface area contributed by atoms with Gasteiger partial charge in [-0.15, -0.1) is 19.8 Å². The first kappa shape index (κ1) is 14.0. The van der Waals surface area contributed by atoms with E-state index >= 15 is 0 Å². The molecule has 0 fully saturated rings. The summed E-state index contributed by atoms with van der Waals surface area (Å²) in [6.45, 7) is 7.05. The number of rotatable bonds is 4. The topological polar surface area (TPSA) is 52.4 Å². The maximum atomic E-state index is 12.1. The van der Waals surface area contributed by atoms with Gasteiger partial charge in [-0.3, -0.25) is 10.1 Å². The molecular formula is C11H9F3NO3. The molecule has 7 heteroatoms. The molecule has 1 radical (unpaired) electrons. The highest BCUT2D eigenvalue weighted by atomic mass is 19.4. The predicted octanol–water partition coefficient (Wildman–Crippen LogP) is 3.60. The Bertz CT molecular complexity index is 471. The lowest BCUT2D eigenvalue weighted by Crippen LogP contribution is -2.18. The zero-order valence-corrected chi connectivity index (χ0v) is 9.11. The molecule has 1 unspecified atom stereocenters. The minimum Gasteiger partial charge on any atom is -0.398 e. The van der Waals surface area contributed by atoms with Crippen LogP contribution in [0.25, 0.3) is 0 Å². The average Bonchev–Trinajstić information content (AvgIpc) is 2.25. The zero-order chi connectivity index (χ0) is 13.9. The first-order valence-corrected chi connectivity index (χ1v) is 4.74. The van der Waals surface area contributed by atoms with Crippen molar-refractivity contribution in [3.63, 3.8) is 0 Å². The van der Waals surface area contributed by atoms with E-state index in [1.54, 1.807) is 0 Å². The molecule has 4 nitrogen and oxygen atoms in total. The zero-order valence-electron chi connectivity index (χ0n) is 9.11. The third-order valence-corrected chi connectivity index (χ3v) is 2.12. The second-order valence-corrected chi connectivity index (χ2v) is 3.37. The largest absolute Gasteiger partial charge is 0.573 e. The molecule has 0 amide bonds. The standard InChI is InChI=1S/C11H9F3NO3/c1-3-7(2)8-4-5-9(15(16)17)10(6-8)18-11(12,13)14/h3-7H,1-2H2. The van der Waals surface area contributed by atoms with Gasteiger partial charge >= 0.3 is 12.0 Å². The second kappa shape index (κ2) is 5.07. The minimum atomic E-state index is -4.99. The van der Waals surface area contributed by atoms with Crippen molar-refractivity contribution in [2.75, 3.05) is 0 Å². The van der Waals surface area contributed by atoms with Crippen LogP contribution in [-0.2, 0) is 0 Å². The number of alkyl halides is 3. The molecule has 97 valence electrons. The molecule has 0 heterocycles. The van der Waals surface area contributed by atoms with Gasteiger partial charge in [-0.05, 0) is 18.6 Å². The SMILES string of the molecule is [CH2]C(C=C)c1ccc([N+](=O)[O-])c(OC(F)(F)F)c1. The highest BCUT2D eigenvalue weighted by Gasteiger charge is 2.34. The molecule has 0 aliphatic heterocycles. The van der Waals surface area contributed by atoms with E-state index in [-0.39, 0.29) is 0 Å². The number of nitrogens with zero attached hydrogens (tertiary/aromatic N) is 1. The van der Waals surface area contributed by atoms with Gasteiger partial charge in [-0.1, -0.05) is 12.1 Å². The molecule has 0 spiro atoms. The predicted molar refractivity (Wildman–Crippen MR) is 58.1 cm³/mol. The summed E-state index contributed by atoms with van der Waals surface area (Å²) in [4.78, 5) is 9.63. The maximum absolute atomic E-state index is 12.1. The summed E-state index contributed by atoms with van der Waals surface area (Å²) in [5.74, 6) is -1.35. The quantitative estimate of drug-likeness (QED) is 0.472. The Balaban J connectivity index is 3.24. The van der Waals surface area contributed by atoms with Crippen LogP contribution in [0.1, 0.15) is 11.5 Å². The van der Waals surface area contributed by atoms with Crippen LogP contribution in [0, 0.1) is 17.0 Å². The second-order valence-electron chi connectivity index (χ2n) is 3.37. The van der Waals surface area contributed by atoms with Crippen molar-refractivity contribution in [1.82, 2.24) is 0 Å². The molecule has 1 aromatic carbocycles. The van der Waals surface area contributed by atoms with E-state index in [2.05, 4.69) is 18.2 Å². The van der Waals surface area contributed by atoms with Crippen LogP contribution in [0.15, 0.2) is 30.9 Å². The smallest absolute Gasteiger partial charge is 0.398 e. The Labute approximate surface area is 101 Å². The summed E-state index contributed by atoms with van der Waals surface area (Å²) >= 11 is 0. The van der Waals surface area contributed by atoms with E-state index < -0.39 is 28.6 Å². The molecule has 0 aliphatic rings. The molecule has 1 atom stereocenters. The summed E-state index contributed by atoms with van der Waals surface area (Å²) in [6, 6.07) is 3.18. The van der Waals surface area contributed by atoms with Crippen molar-refractivity contribution in [2.45, 2.75) is 12.3 Å². The van der Waals surface area contributed by atoms with Crippen LogP contribution in [0.2, 0.25) is 0 Å². The molecule has 1 aromatic rings. The van der Waals surface area contributed by atoms with Crippen LogP contribution >= 0.6 is 0 Å². The fraction of sp³-hybridized carbons (Fsp3) is 0.182. The van der Waals surface area contributed by atoms with Crippen molar-refractivity contribution in [2.24, 2.45) is 0 Å². The van der Waals surface area contributed by atoms with Gasteiger partial charge in [0.2, 0.25) is 5.75 Å². The molecule has 0 bridgehead atoms. The molecule has 0 saturated heterocycles. The van der Waals surface area contributed by atoms with Gasteiger partial charge in [0.15, 0.2) is 0 Å². The summed E-state index contributed by atoms with van der Waals surface area (Å²) in [5.41, 5.74) is -0.415. The van der Waals surface area contributed by atoms with Crippen molar-refractivity contribution in [1.29, 1.82) is 0 Å². The Kier molecular flexibility index (Phi) is 3.95. The lowest BCUT2D eigenvalue weighted by Gasteiger charge is -2.12. The minimum absolute atomic E-state index is 0.342. The number of hydrogen-bond acceptors (Lipinski definition) is 3. The van der Waals surface area contributed by atoms with Gasteiger partial charge in [-0.2, -0.15) is 0 Å². The summed E-state index contributed by atoms with van der Waals surface area (Å²) in [5, 5.41) is 10.6. The Hall–Kier alpha value is -2.05. The Morgan fingerprint density at radius 3 is 2.50 bits per heavy atom. The third kappa shape index (κ3) is 3.47.